The Bertz CT molecular complexity index is 169. The molecule has 2 fully saturated rings. The fraction of sp³-hybridized carbons (Fsp3) is 1.00. The molecule has 2 rings (SSSR count). The van der Waals surface area contributed by atoms with Crippen molar-refractivity contribution < 1.29 is 4.21 Å². The van der Waals surface area contributed by atoms with Crippen LogP contribution in [0.5, 0.6) is 0 Å². The van der Waals surface area contributed by atoms with Gasteiger partial charge in [0.25, 0.3) is 0 Å². The summed E-state index contributed by atoms with van der Waals surface area (Å²) in [5.74, 6) is 5.35. The molecule has 2 bridgehead atoms. The second kappa shape index (κ2) is 2.84. The number of hydrogen-bond acceptors (Lipinski definition) is 3. The van der Waals surface area contributed by atoms with Gasteiger partial charge in [-0.15, -0.1) is 0 Å². The van der Waals surface area contributed by atoms with E-state index in [4.69, 9.17) is 5.84 Å². The number of nitrogens with one attached hydrogen (secondary N) is 1. The van der Waals surface area contributed by atoms with Gasteiger partial charge in [-0.3, -0.25) is 15.5 Å². The Morgan fingerprint density at radius 3 is 2.27 bits per heavy atom. The number of nitrogens with two attached hydrogens (primary N) is 1. The summed E-state index contributed by atoms with van der Waals surface area (Å²) in [6, 6.07) is 0.421. The highest BCUT2D eigenvalue weighted by molar-refractivity contribution is 7.86. The van der Waals surface area contributed by atoms with Crippen molar-refractivity contribution in [3.63, 3.8) is 0 Å². The number of hydrazine groups is 1. The SMILES string of the molecule is NNC1CC2CCC(C1)S2=O. The molecule has 2 aliphatic rings. The van der Waals surface area contributed by atoms with Crippen LogP contribution in [-0.4, -0.2) is 20.8 Å². The van der Waals surface area contributed by atoms with Crippen molar-refractivity contribution in [1.29, 1.82) is 0 Å². The Morgan fingerprint density at radius 1 is 1.27 bits per heavy atom. The predicted octanol–water partition coefficient (Wildman–Crippen LogP) is -0.108. The molecular weight excluding hydrogens is 160 g/mol. The zero-order valence-corrected chi connectivity index (χ0v) is 7.27. The Balaban J connectivity index is 2.08. The van der Waals surface area contributed by atoms with Crippen LogP contribution in [-0.2, 0) is 10.8 Å². The van der Waals surface area contributed by atoms with E-state index < -0.39 is 10.8 Å². The number of hydrogen-bond donors (Lipinski definition) is 2. The highest BCUT2D eigenvalue weighted by atomic mass is 32.2. The first-order valence-electron chi connectivity index (χ1n) is 4.16. The van der Waals surface area contributed by atoms with Gasteiger partial charge in [-0.2, -0.15) is 0 Å². The molecule has 3 nitrogen and oxygen atoms in total. The molecule has 0 aromatic rings. The van der Waals surface area contributed by atoms with E-state index in [-0.39, 0.29) is 0 Å². The lowest BCUT2D eigenvalue weighted by Crippen LogP contribution is -2.43. The summed E-state index contributed by atoms with van der Waals surface area (Å²) < 4.78 is 11.5. The molecule has 64 valence electrons. The molecule has 2 saturated heterocycles. The summed E-state index contributed by atoms with van der Waals surface area (Å²) in [7, 11) is -0.536. The van der Waals surface area contributed by atoms with E-state index >= 15 is 0 Å². The summed E-state index contributed by atoms with van der Waals surface area (Å²) in [6.07, 6.45) is 4.32. The van der Waals surface area contributed by atoms with Gasteiger partial charge >= 0.3 is 0 Å². The van der Waals surface area contributed by atoms with E-state index in [1.807, 2.05) is 0 Å². The summed E-state index contributed by atoms with van der Waals surface area (Å²) in [4.78, 5) is 0. The van der Waals surface area contributed by atoms with Gasteiger partial charge < -0.3 is 0 Å². The zero-order valence-electron chi connectivity index (χ0n) is 6.45. The van der Waals surface area contributed by atoms with Crippen LogP contribution in [0.2, 0.25) is 0 Å². The third-order valence-electron chi connectivity index (χ3n) is 2.80. The van der Waals surface area contributed by atoms with Crippen LogP contribution in [0.1, 0.15) is 25.7 Å². The first kappa shape index (κ1) is 7.71. The molecule has 3 N–H and O–H groups in total. The predicted molar refractivity (Wildman–Crippen MR) is 45.3 cm³/mol. The molecule has 2 unspecified atom stereocenters. The molecule has 0 spiro atoms. The molecule has 0 aromatic carbocycles. The Kier molecular flexibility index (Phi) is 1.99. The van der Waals surface area contributed by atoms with E-state index in [1.54, 1.807) is 0 Å². The lowest BCUT2D eigenvalue weighted by Gasteiger charge is -2.26. The van der Waals surface area contributed by atoms with Crippen LogP contribution in [0.15, 0.2) is 0 Å². The van der Waals surface area contributed by atoms with Crippen molar-refractivity contribution in [3.05, 3.63) is 0 Å². The Labute approximate surface area is 69.2 Å². The summed E-state index contributed by atoms with van der Waals surface area (Å²) >= 11 is 0. The zero-order chi connectivity index (χ0) is 7.84. The molecule has 0 aliphatic carbocycles. The summed E-state index contributed by atoms with van der Waals surface area (Å²) in [5.41, 5.74) is 2.79. The maximum Gasteiger partial charge on any atom is 0.0366 e. The fourth-order valence-electron chi connectivity index (χ4n) is 2.17. The highest BCUT2D eigenvalue weighted by Gasteiger charge is 2.39. The minimum absolute atomic E-state index is 0.421. The first-order chi connectivity index (χ1) is 5.31. The lowest BCUT2D eigenvalue weighted by molar-refractivity contribution is 0.457. The molecule has 4 heteroatoms. The smallest absolute Gasteiger partial charge is 0.0366 e. The maximum atomic E-state index is 11.5. The summed E-state index contributed by atoms with van der Waals surface area (Å²) in [5, 5.41) is 0.879. The molecule has 0 aromatic heterocycles. The van der Waals surface area contributed by atoms with Gasteiger partial charge in [0.05, 0.1) is 0 Å². The van der Waals surface area contributed by atoms with Crippen molar-refractivity contribution >= 4 is 10.8 Å². The van der Waals surface area contributed by atoms with Crippen molar-refractivity contribution in [3.8, 4) is 0 Å². The second-order valence-corrected chi connectivity index (χ2v) is 5.48. The normalized spacial score (nSPS) is 49.5. The number of rotatable bonds is 1. The third kappa shape index (κ3) is 1.23. The van der Waals surface area contributed by atoms with E-state index in [1.165, 1.54) is 0 Å². The molecule has 2 heterocycles. The standard InChI is InChI=1S/C7H14N2OS/c8-9-5-3-6-1-2-7(4-5)11(6)10/h5-7,9H,1-4,8H2. The van der Waals surface area contributed by atoms with Gasteiger partial charge in [0, 0.05) is 27.3 Å². The van der Waals surface area contributed by atoms with E-state index in [0.29, 0.717) is 16.5 Å². The van der Waals surface area contributed by atoms with Crippen LogP contribution in [0, 0.1) is 0 Å². The lowest BCUT2D eigenvalue weighted by atomic mass is 10.1. The van der Waals surface area contributed by atoms with Gasteiger partial charge in [0.1, 0.15) is 0 Å². The molecular formula is C7H14N2OS. The molecule has 0 amide bonds. The van der Waals surface area contributed by atoms with Crippen LogP contribution in [0.25, 0.3) is 0 Å². The summed E-state index contributed by atoms with van der Waals surface area (Å²) in [6.45, 7) is 0. The Hall–Kier alpha value is 0.0700. The van der Waals surface area contributed by atoms with Gasteiger partial charge in [0.2, 0.25) is 0 Å². The van der Waals surface area contributed by atoms with Gasteiger partial charge in [-0.1, -0.05) is 0 Å². The van der Waals surface area contributed by atoms with Crippen molar-refractivity contribution in [1.82, 2.24) is 5.43 Å². The average Bonchev–Trinajstić information content (AvgIpc) is 2.26. The molecule has 0 saturated carbocycles. The van der Waals surface area contributed by atoms with Crippen LogP contribution in [0.4, 0.5) is 0 Å². The monoisotopic (exact) mass is 174 g/mol. The van der Waals surface area contributed by atoms with Crippen molar-refractivity contribution in [2.75, 3.05) is 0 Å². The molecule has 0 radical (unpaired) electrons. The Morgan fingerprint density at radius 2 is 1.82 bits per heavy atom. The van der Waals surface area contributed by atoms with Crippen LogP contribution in [0.3, 0.4) is 0 Å². The van der Waals surface area contributed by atoms with Gasteiger partial charge in [-0.25, -0.2) is 0 Å². The average molecular weight is 174 g/mol. The van der Waals surface area contributed by atoms with E-state index in [9.17, 15) is 4.21 Å². The molecule has 2 atom stereocenters. The van der Waals surface area contributed by atoms with Crippen LogP contribution < -0.4 is 11.3 Å². The largest absolute Gasteiger partial charge is 0.271 e. The highest BCUT2D eigenvalue weighted by Crippen LogP contribution is 2.35. The maximum absolute atomic E-state index is 11.5. The fourth-order valence-corrected chi connectivity index (χ4v) is 4.29. The third-order valence-corrected chi connectivity index (χ3v) is 4.97. The van der Waals surface area contributed by atoms with Crippen molar-refractivity contribution in [2.45, 2.75) is 42.2 Å². The second-order valence-electron chi connectivity index (χ2n) is 3.48. The minimum Gasteiger partial charge on any atom is -0.271 e. The number of fused-ring (bicyclic) bond motifs is 2. The molecule has 2 aliphatic heterocycles. The van der Waals surface area contributed by atoms with E-state index in [0.717, 1.165) is 25.7 Å². The minimum atomic E-state index is -0.536. The van der Waals surface area contributed by atoms with E-state index in [2.05, 4.69) is 5.43 Å². The first-order valence-corrected chi connectivity index (χ1v) is 5.44. The van der Waals surface area contributed by atoms with Crippen molar-refractivity contribution in [2.24, 2.45) is 5.84 Å². The van der Waals surface area contributed by atoms with Gasteiger partial charge in [-0.05, 0) is 25.7 Å². The van der Waals surface area contributed by atoms with Crippen LogP contribution >= 0.6 is 0 Å². The molecule has 11 heavy (non-hydrogen) atoms. The quantitative estimate of drug-likeness (QED) is 0.431. The van der Waals surface area contributed by atoms with Gasteiger partial charge in [0.15, 0.2) is 0 Å². The topological polar surface area (TPSA) is 55.1 Å².